The summed E-state index contributed by atoms with van der Waals surface area (Å²) in [5.41, 5.74) is 3.60. The third kappa shape index (κ3) is 5.13. The second-order valence-electron chi connectivity index (χ2n) is 7.38. The van der Waals surface area contributed by atoms with E-state index in [1.807, 2.05) is 41.2 Å². The number of benzene rings is 2. The summed E-state index contributed by atoms with van der Waals surface area (Å²) in [6.07, 6.45) is 4.39. The highest BCUT2D eigenvalue weighted by Crippen LogP contribution is 2.47. The molecule has 6 nitrogen and oxygen atoms in total. The van der Waals surface area contributed by atoms with Crippen molar-refractivity contribution in [2.45, 2.75) is 24.8 Å². The summed E-state index contributed by atoms with van der Waals surface area (Å²) in [7, 11) is 3.46. The molecule has 1 heterocycles. The molecule has 0 amide bonds. The minimum absolute atomic E-state index is 0. The Morgan fingerprint density at radius 1 is 1.07 bits per heavy atom. The lowest BCUT2D eigenvalue weighted by atomic mass is 9.96. The van der Waals surface area contributed by atoms with Crippen LogP contribution in [-0.4, -0.2) is 36.4 Å². The molecule has 2 N–H and O–H groups in total. The molecule has 0 spiro atoms. The minimum atomic E-state index is 0. The van der Waals surface area contributed by atoms with Gasteiger partial charge in [-0.05, 0) is 48.7 Å². The van der Waals surface area contributed by atoms with Crippen molar-refractivity contribution in [2.75, 3.05) is 20.7 Å². The van der Waals surface area contributed by atoms with Gasteiger partial charge in [-0.3, -0.25) is 4.99 Å². The minimum Gasteiger partial charge on any atom is -0.497 e. The number of nitrogens with zero attached hydrogens (tertiary/aromatic N) is 3. The van der Waals surface area contributed by atoms with Crippen LogP contribution in [0.25, 0.3) is 5.69 Å². The highest BCUT2D eigenvalue weighted by Gasteiger charge is 2.43. The van der Waals surface area contributed by atoms with E-state index in [1.165, 1.54) is 18.4 Å². The fourth-order valence-corrected chi connectivity index (χ4v) is 3.49. The number of guanidine groups is 1. The van der Waals surface area contributed by atoms with E-state index in [0.717, 1.165) is 29.6 Å². The van der Waals surface area contributed by atoms with Gasteiger partial charge in [0.25, 0.3) is 0 Å². The monoisotopic (exact) mass is 517 g/mol. The van der Waals surface area contributed by atoms with Crippen LogP contribution < -0.4 is 15.4 Å². The smallest absolute Gasteiger partial charge is 0.191 e. The van der Waals surface area contributed by atoms with Crippen molar-refractivity contribution in [1.29, 1.82) is 0 Å². The normalized spacial score (nSPS) is 14.5. The molecule has 0 saturated heterocycles. The summed E-state index contributed by atoms with van der Waals surface area (Å²) < 4.78 is 7.07. The van der Waals surface area contributed by atoms with Crippen molar-refractivity contribution in [2.24, 2.45) is 4.99 Å². The molecule has 30 heavy (non-hydrogen) atoms. The second-order valence-corrected chi connectivity index (χ2v) is 7.38. The summed E-state index contributed by atoms with van der Waals surface area (Å²) in [5.74, 6) is 1.63. The molecule has 2 aromatic carbocycles. The molecule has 0 radical (unpaired) electrons. The van der Waals surface area contributed by atoms with Crippen molar-refractivity contribution in [1.82, 2.24) is 20.4 Å². The van der Waals surface area contributed by atoms with Crippen LogP contribution in [0.2, 0.25) is 0 Å². The predicted octanol–water partition coefficient (Wildman–Crippen LogP) is 3.90. The van der Waals surface area contributed by atoms with Gasteiger partial charge in [0.05, 0.1) is 25.0 Å². The Kier molecular flexibility index (Phi) is 7.36. The Morgan fingerprint density at radius 2 is 1.80 bits per heavy atom. The zero-order valence-corrected chi connectivity index (χ0v) is 19.7. The molecule has 3 aromatic rings. The molecule has 1 aromatic heterocycles. The highest BCUT2D eigenvalue weighted by atomic mass is 127. The van der Waals surface area contributed by atoms with Crippen LogP contribution in [0.5, 0.6) is 5.75 Å². The van der Waals surface area contributed by atoms with E-state index < -0.39 is 0 Å². The van der Waals surface area contributed by atoms with E-state index in [-0.39, 0.29) is 29.4 Å². The lowest BCUT2D eigenvalue weighted by Gasteiger charge is -2.18. The van der Waals surface area contributed by atoms with E-state index in [4.69, 9.17) is 4.74 Å². The number of ether oxygens (including phenoxy) is 1. The first kappa shape index (κ1) is 22.1. The number of hydrogen-bond donors (Lipinski definition) is 2. The largest absolute Gasteiger partial charge is 0.497 e. The van der Waals surface area contributed by atoms with E-state index in [9.17, 15) is 0 Å². The number of hydrogen-bond acceptors (Lipinski definition) is 3. The van der Waals surface area contributed by atoms with Crippen molar-refractivity contribution in [3.05, 3.63) is 78.1 Å². The summed E-state index contributed by atoms with van der Waals surface area (Å²) in [6, 6.07) is 20.6. The van der Waals surface area contributed by atoms with Crippen LogP contribution in [-0.2, 0) is 12.0 Å². The first-order valence-electron chi connectivity index (χ1n) is 9.91. The standard InChI is InChI=1S/C23H27N5O.HI/c1-24-22(26-17-23(13-14-23)18-6-4-3-5-7-18)25-16-19-12-15-28(27-19)20-8-10-21(29-2)11-9-20;/h3-12,15H,13-14,16-17H2,1-2H3,(H2,24,25,26);1H. The van der Waals surface area contributed by atoms with E-state index >= 15 is 0 Å². The topological polar surface area (TPSA) is 63.5 Å². The third-order valence-electron chi connectivity index (χ3n) is 5.48. The van der Waals surface area contributed by atoms with E-state index in [0.29, 0.717) is 6.54 Å². The van der Waals surface area contributed by atoms with E-state index in [1.54, 1.807) is 14.2 Å². The molecule has 1 saturated carbocycles. The number of aromatic nitrogens is 2. The number of nitrogens with one attached hydrogen (secondary N) is 2. The Labute approximate surface area is 194 Å². The molecule has 4 rings (SSSR count). The van der Waals surface area contributed by atoms with Crippen LogP contribution in [0.4, 0.5) is 0 Å². The van der Waals surface area contributed by atoms with Crippen molar-refractivity contribution in [3.8, 4) is 11.4 Å². The summed E-state index contributed by atoms with van der Waals surface area (Å²) >= 11 is 0. The number of halogens is 1. The molecule has 1 fully saturated rings. The third-order valence-corrected chi connectivity index (χ3v) is 5.48. The van der Waals surface area contributed by atoms with Crippen LogP contribution in [0.3, 0.4) is 0 Å². The molecule has 0 bridgehead atoms. The maximum absolute atomic E-state index is 5.21. The van der Waals surface area contributed by atoms with Gasteiger partial charge >= 0.3 is 0 Å². The molecule has 158 valence electrons. The molecule has 7 heteroatoms. The fourth-order valence-electron chi connectivity index (χ4n) is 3.49. The van der Waals surface area contributed by atoms with Crippen LogP contribution >= 0.6 is 24.0 Å². The van der Waals surface area contributed by atoms with E-state index in [2.05, 4.69) is 51.1 Å². The zero-order chi connectivity index (χ0) is 20.1. The average molecular weight is 517 g/mol. The number of aliphatic imine (C=N–C) groups is 1. The molecule has 0 aliphatic heterocycles. The van der Waals surface area contributed by atoms with Gasteiger partial charge in [0.15, 0.2) is 5.96 Å². The van der Waals surface area contributed by atoms with Crippen LogP contribution in [0, 0.1) is 0 Å². The van der Waals surface area contributed by atoms with Crippen molar-refractivity contribution in [3.63, 3.8) is 0 Å². The molecular formula is C23H28IN5O. The second kappa shape index (κ2) is 9.97. The van der Waals surface area contributed by atoms with Gasteiger partial charge < -0.3 is 15.4 Å². The van der Waals surface area contributed by atoms with Crippen LogP contribution in [0.1, 0.15) is 24.1 Å². The summed E-state index contributed by atoms with van der Waals surface area (Å²) in [4.78, 5) is 4.36. The number of rotatable bonds is 7. The van der Waals surface area contributed by atoms with Gasteiger partial charge in [0.1, 0.15) is 5.75 Å². The van der Waals surface area contributed by atoms with Gasteiger partial charge in [-0.1, -0.05) is 30.3 Å². The maximum Gasteiger partial charge on any atom is 0.191 e. The molecule has 1 aliphatic carbocycles. The molecule has 0 unspecified atom stereocenters. The number of methoxy groups -OCH3 is 1. The highest BCUT2D eigenvalue weighted by molar-refractivity contribution is 14.0. The first-order chi connectivity index (χ1) is 14.2. The van der Waals surface area contributed by atoms with Crippen LogP contribution in [0.15, 0.2) is 71.9 Å². The van der Waals surface area contributed by atoms with Gasteiger partial charge in [-0.25, -0.2) is 4.68 Å². The summed E-state index contributed by atoms with van der Waals surface area (Å²) in [6.45, 7) is 1.50. The summed E-state index contributed by atoms with van der Waals surface area (Å²) in [5, 5.41) is 11.5. The zero-order valence-electron chi connectivity index (χ0n) is 17.3. The lowest BCUT2D eigenvalue weighted by molar-refractivity contribution is 0.414. The first-order valence-corrected chi connectivity index (χ1v) is 9.91. The Balaban J connectivity index is 0.00000256. The lowest BCUT2D eigenvalue weighted by Crippen LogP contribution is -2.41. The molecule has 0 atom stereocenters. The SMILES string of the molecule is CN=C(NCc1ccn(-c2ccc(OC)cc2)n1)NCC1(c2ccccc2)CC1.I. The van der Waals surface area contributed by atoms with Crippen molar-refractivity contribution >= 4 is 29.9 Å². The van der Waals surface area contributed by atoms with Crippen molar-refractivity contribution < 1.29 is 4.74 Å². The van der Waals surface area contributed by atoms with Gasteiger partial charge in [-0.2, -0.15) is 5.10 Å². The molecule has 1 aliphatic rings. The Morgan fingerprint density at radius 3 is 2.43 bits per heavy atom. The quantitative estimate of drug-likeness (QED) is 0.284. The van der Waals surface area contributed by atoms with Gasteiger partial charge in [-0.15, -0.1) is 24.0 Å². The maximum atomic E-state index is 5.21. The molecular weight excluding hydrogens is 489 g/mol. The van der Waals surface area contributed by atoms with Gasteiger partial charge in [0, 0.05) is 25.2 Å². The predicted molar refractivity (Wildman–Crippen MR) is 131 cm³/mol. The Hall–Kier alpha value is -2.55. The Bertz CT molecular complexity index is 965. The average Bonchev–Trinajstić information content (AvgIpc) is 3.43. The van der Waals surface area contributed by atoms with Gasteiger partial charge in [0.2, 0.25) is 0 Å². The fraction of sp³-hybridized carbons (Fsp3) is 0.304.